The molecule has 0 radical (unpaired) electrons. The van der Waals surface area contributed by atoms with Crippen LogP contribution in [0.2, 0.25) is 0 Å². The molecule has 20 nitrogen and oxygen atoms in total. The predicted molar refractivity (Wildman–Crippen MR) is 129 cm³/mol. The molecule has 0 bridgehead atoms. The quantitative estimate of drug-likeness (QED) is 0.0745. The van der Waals surface area contributed by atoms with E-state index in [2.05, 4.69) is 23.7 Å². The summed E-state index contributed by atoms with van der Waals surface area (Å²) in [5.41, 5.74) is 5.67. The number of phosphoric acid groups is 2. The van der Waals surface area contributed by atoms with E-state index in [-0.39, 0.29) is 18.6 Å². The second-order valence-electron chi connectivity index (χ2n) is 9.27. The molecule has 0 spiro atoms. The first-order chi connectivity index (χ1) is 19.7. The predicted octanol–water partition coefficient (Wildman–Crippen LogP) is -5.75. The van der Waals surface area contributed by atoms with Crippen LogP contribution in [0.5, 0.6) is 0 Å². The Kier molecular flexibility index (Phi) is 10.5. The molecule has 234 valence electrons. The van der Waals surface area contributed by atoms with E-state index in [1.165, 1.54) is 35.3 Å². The molecule has 2 fully saturated rings. The molecule has 4 heterocycles. The Balaban J connectivity index is 1.29. The zero-order valence-electron chi connectivity index (χ0n) is 21.5. The van der Waals surface area contributed by atoms with Gasteiger partial charge < -0.3 is 50.5 Å². The third-order valence-electron chi connectivity index (χ3n) is 6.27. The van der Waals surface area contributed by atoms with E-state index in [4.69, 9.17) is 20.3 Å². The van der Waals surface area contributed by atoms with Crippen LogP contribution in [0.3, 0.4) is 0 Å². The molecule has 10 atom stereocenters. The van der Waals surface area contributed by atoms with Crippen LogP contribution in [0.15, 0.2) is 30.7 Å². The van der Waals surface area contributed by atoms with E-state index in [0.29, 0.717) is 5.69 Å². The van der Waals surface area contributed by atoms with Crippen LogP contribution in [0.1, 0.15) is 28.5 Å². The van der Waals surface area contributed by atoms with Crippen molar-refractivity contribution in [3.05, 3.63) is 42.0 Å². The average molecular weight is 642 g/mol. The van der Waals surface area contributed by atoms with Gasteiger partial charge in [0.05, 0.1) is 11.9 Å². The maximum absolute atomic E-state index is 12.3. The molecule has 2 aromatic heterocycles. The molecule has 22 heteroatoms. The van der Waals surface area contributed by atoms with Gasteiger partial charge in [0, 0.05) is 23.4 Å². The molecule has 2 aromatic rings. The van der Waals surface area contributed by atoms with Gasteiger partial charge in [0.15, 0.2) is 24.7 Å². The molecule has 2 aliphatic heterocycles. The minimum Gasteiger partial charge on any atom is -0.603 e. The molecule has 9 N–H and O–H groups in total. The number of aliphatic hydroxyl groups excluding tert-OH is 5. The van der Waals surface area contributed by atoms with Gasteiger partial charge in [-0.2, -0.15) is 23.4 Å². The Morgan fingerprint density at radius 2 is 1.67 bits per heavy atom. The van der Waals surface area contributed by atoms with Crippen LogP contribution >= 0.6 is 16.3 Å². The van der Waals surface area contributed by atoms with E-state index in [1.807, 2.05) is 0 Å². The number of phosphoric ester groups is 2. The molecule has 42 heavy (non-hydrogen) atoms. The number of hydrogen-bond acceptors (Lipinski definition) is 17. The number of pyridine rings is 1. The number of amides is 1. The first-order valence-corrected chi connectivity index (χ1v) is 15.2. The summed E-state index contributed by atoms with van der Waals surface area (Å²) in [6, 6.07) is 2.83. The Morgan fingerprint density at radius 1 is 1.05 bits per heavy atom. The lowest BCUT2D eigenvalue weighted by Gasteiger charge is -2.25. The summed E-state index contributed by atoms with van der Waals surface area (Å²) < 4.78 is 26.7. The van der Waals surface area contributed by atoms with Crippen molar-refractivity contribution < 1.29 is 77.3 Å². The third kappa shape index (κ3) is 7.76. The topological polar surface area (TPSA) is 312 Å². The molecule has 0 aliphatic carbocycles. The van der Waals surface area contributed by atoms with Gasteiger partial charge in [0.2, 0.25) is 0 Å². The van der Waals surface area contributed by atoms with E-state index in [1.54, 1.807) is 0 Å². The van der Waals surface area contributed by atoms with Gasteiger partial charge in [-0.3, -0.25) is 4.79 Å². The smallest absolute Gasteiger partial charge is 0.434 e. The Morgan fingerprint density at radius 3 is 2.29 bits per heavy atom. The van der Waals surface area contributed by atoms with Crippen molar-refractivity contribution in [1.82, 2.24) is 15.0 Å². The first-order valence-electron chi connectivity index (χ1n) is 12.2. The van der Waals surface area contributed by atoms with Crippen molar-refractivity contribution in [3.8, 4) is 0 Å². The van der Waals surface area contributed by atoms with Gasteiger partial charge in [-0.25, -0.2) is 4.68 Å². The van der Waals surface area contributed by atoms with Crippen molar-refractivity contribution in [3.63, 3.8) is 0 Å². The number of aromatic nitrogens is 4. The van der Waals surface area contributed by atoms with Gasteiger partial charge in [0.25, 0.3) is 12.1 Å². The van der Waals surface area contributed by atoms with Crippen LogP contribution in [-0.4, -0.2) is 113 Å². The molecule has 2 saturated heterocycles. The summed E-state index contributed by atoms with van der Waals surface area (Å²) in [5.74, 6) is -0.765. The highest BCUT2D eigenvalue weighted by molar-refractivity contribution is 7.66. The van der Waals surface area contributed by atoms with E-state index in [0.717, 1.165) is 4.68 Å². The van der Waals surface area contributed by atoms with E-state index < -0.39 is 84.5 Å². The SMILES string of the molecule is NC(=O)c1ccc[n+]([C@@H]2O[C@H](CO[P+]([O-])(O)O[P+]([O-])(O)OC[C@@H]3O[C@H](n4cc(CCO)nn4)[C@@H](O)[C@H]3O)[C@@H](O)[C@H]2O)c1. The van der Waals surface area contributed by atoms with Crippen LogP contribution < -0.4 is 20.1 Å². The van der Waals surface area contributed by atoms with Gasteiger partial charge in [-0.1, -0.05) is 5.21 Å². The number of hydrogen-bond donors (Lipinski definition) is 8. The lowest BCUT2D eigenvalue weighted by Crippen LogP contribution is -2.46. The summed E-state index contributed by atoms with van der Waals surface area (Å²) in [7, 11) is -10.7. The number of carbonyl (C=O) groups is 1. The van der Waals surface area contributed by atoms with Crippen molar-refractivity contribution in [2.45, 2.75) is 55.5 Å². The fourth-order valence-corrected chi connectivity index (χ4v) is 6.27. The number of carbonyl (C=O) groups excluding carboxylic acids is 1. The molecule has 4 rings (SSSR count). The highest BCUT2D eigenvalue weighted by Crippen LogP contribution is 2.65. The second kappa shape index (κ2) is 13.4. The zero-order chi connectivity index (χ0) is 30.8. The Hall–Kier alpha value is -1.94. The summed E-state index contributed by atoms with van der Waals surface area (Å²) in [6.07, 6.45) is -7.62. The van der Waals surface area contributed by atoms with Gasteiger partial charge in [-0.15, -0.1) is 5.10 Å². The number of nitrogens with zero attached hydrogens (tertiary/aromatic N) is 4. The molecular weight excluding hydrogens is 612 g/mol. The van der Waals surface area contributed by atoms with E-state index in [9.17, 15) is 44.8 Å². The van der Waals surface area contributed by atoms with E-state index >= 15 is 0 Å². The standard InChI is InChI=1S/C20H29N5O15P2/c21-18(31)10-2-1-4-24(6-10)19-16(29)14(27)12(38-19)8-36-41(32,33)40-42(34,35)37-9-13-15(28)17(30)20(39-13)25-7-11(3-5-26)22-23-25/h1-2,4,6-7,12-17,19-20,26-30H,3,5,8-9H2,(H3-,21,31,32,33,34,35)/p+1/t12-,13+,14-,15+,16-,17+,19-,20+/m1/s1. The summed E-state index contributed by atoms with van der Waals surface area (Å²) >= 11 is 0. The van der Waals surface area contributed by atoms with Crippen LogP contribution in [0.25, 0.3) is 0 Å². The van der Waals surface area contributed by atoms with Crippen molar-refractivity contribution >= 4 is 22.2 Å². The minimum absolute atomic E-state index is 0.0700. The number of primary amides is 1. The maximum Gasteiger partial charge on any atom is 0.434 e. The molecule has 2 aliphatic rings. The van der Waals surface area contributed by atoms with Crippen LogP contribution in [-0.2, 0) is 29.3 Å². The first kappa shape index (κ1) is 33.0. The summed E-state index contributed by atoms with van der Waals surface area (Å²) in [6.45, 7) is -1.99. The molecular formula is C20H30N5O15P2+. The van der Waals surface area contributed by atoms with Crippen molar-refractivity contribution in [2.75, 3.05) is 19.8 Å². The van der Waals surface area contributed by atoms with Crippen molar-refractivity contribution in [1.29, 1.82) is 0 Å². The lowest BCUT2D eigenvalue weighted by molar-refractivity contribution is -0.765. The fourth-order valence-electron chi connectivity index (χ4n) is 4.18. The fraction of sp³-hybridized carbons (Fsp3) is 0.600. The van der Waals surface area contributed by atoms with Gasteiger partial charge >= 0.3 is 16.3 Å². The monoisotopic (exact) mass is 642 g/mol. The molecule has 0 aromatic carbocycles. The average Bonchev–Trinajstić information content (AvgIpc) is 3.58. The summed E-state index contributed by atoms with van der Waals surface area (Å²) in [4.78, 5) is 56.0. The normalized spacial score (nSPS) is 32.5. The lowest BCUT2D eigenvalue weighted by atomic mass is 10.1. The minimum atomic E-state index is -5.35. The summed E-state index contributed by atoms with van der Waals surface area (Å²) in [5, 5.41) is 57.6. The molecule has 2 unspecified atom stereocenters. The molecule has 0 saturated carbocycles. The largest absolute Gasteiger partial charge is 0.603 e. The van der Waals surface area contributed by atoms with Gasteiger partial charge in [-0.05, 0) is 6.07 Å². The van der Waals surface area contributed by atoms with Crippen LogP contribution in [0.4, 0.5) is 0 Å². The second-order valence-corrected chi connectivity index (χ2v) is 12.3. The number of nitrogens with two attached hydrogens (primary N) is 1. The molecule has 1 amide bonds. The van der Waals surface area contributed by atoms with Crippen LogP contribution in [0, 0.1) is 0 Å². The highest BCUT2D eigenvalue weighted by atomic mass is 31.3. The number of rotatable bonds is 13. The highest BCUT2D eigenvalue weighted by Gasteiger charge is 2.53. The number of ether oxygens (including phenoxy) is 2. The van der Waals surface area contributed by atoms with Crippen molar-refractivity contribution in [2.24, 2.45) is 5.73 Å². The Labute approximate surface area is 238 Å². The zero-order valence-corrected chi connectivity index (χ0v) is 23.3. The third-order valence-corrected chi connectivity index (χ3v) is 8.87. The maximum atomic E-state index is 12.3. The Bertz CT molecular complexity index is 1220. The van der Waals surface area contributed by atoms with Gasteiger partial charge in [0.1, 0.15) is 49.3 Å². The number of aliphatic hydroxyl groups is 5.